The lowest BCUT2D eigenvalue weighted by Crippen LogP contribution is -2.19. The van der Waals surface area contributed by atoms with Crippen molar-refractivity contribution in [2.24, 2.45) is 0 Å². The van der Waals surface area contributed by atoms with Crippen LogP contribution in [0.1, 0.15) is 5.56 Å². The van der Waals surface area contributed by atoms with E-state index in [1.165, 1.54) is 0 Å². The zero-order valence-electron chi connectivity index (χ0n) is 11.6. The van der Waals surface area contributed by atoms with Crippen molar-refractivity contribution in [1.82, 2.24) is 0 Å². The predicted octanol–water partition coefficient (Wildman–Crippen LogP) is 3.66. The maximum atomic E-state index is 5.90. The Morgan fingerprint density at radius 1 is 1.00 bits per heavy atom. The number of epoxide rings is 1. The average Bonchev–Trinajstić information content (AvgIpc) is 3.30. The highest BCUT2D eigenvalue weighted by molar-refractivity contribution is 6.30. The van der Waals surface area contributed by atoms with Gasteiger partial charge in [-0.15, -0.1) is 0 Å². The fourth-order valence-corrected chi connectivity index (χ4v) is 2.27. The van der Waals surface area contributed by atoms with Crippen LogP contribution in [0.25, 0.3) is 0 Å². The zero-order valence-corrected chi connectivity index (χ0v) is 12.4. The van der Waals surface area contributed by atoms with Crippen LogP contribution in [-0.4, -0.2) is 26.4 Å². The fraction of sp³-hybridized carbons (Fsp3) is 0.294. The summed E-state index contributed by atoms with van der Waals surface area (Å²) in [6.45, 7) is 2.29. The van der Waals surface area contributed by atoms with Gasteiger partial charge in [-0.2, -0.15) is 0 Å². The molecule has 1 atom stereocenters. The largest absolute Gasteiger partial charge is 0.491 e. The quantitative estimate of drug-likeness (QED) is 0.578. The van der Waals surface area contributed by atoms with Crippen molar-refractivity contribution in [2.45, 2.75) is 5.60 Å². The third kappa shape index (κ3) is 3.76. The molecule has 1 unspecified atom stereocenters. The number of para-hydroxylation sites is 1. The molecule has 0 aromatic heterocycles. The van der Waals surface area contributed by atoms with E-state index in [0.717, 1.165) is 16.3 Å². The van der Waals surface area contributed by atoms with Crippen molar-refractivity contribution in [1.29, 1.82) is 0 Å². The predicted molar refractivity (Wildman–Crippen MR) is 81.8 cm³/mol. The first-order valence-corrected chi connectivity index (χ1v) is 7.32. The van der Waals surface area contributed by atoms with Crippen LogP contribution in [0.5, 0.6) is 5.75 Å². The van der Waals surface area contributed by atoms with Gasteiger partial charge in [0.25, 0.3) is 0 Å². The highest BCUT2D eigenvalue weighted by Gasteiger charge is 2.46. The van der Waals surface area contributed by atoms with Gasteiger partial charge < -0.3 is 14.2 Å². The Bertz CT molecular complexity index is 564. The van der Waals surface area contributed by atoms with Gasteiger partial charge in [-0.3, -0.25) is 0 Å². The lowest BCUT2D eigenvalue weighted by atomic mass is 10.0. The van der Waals surface area contributed by atoms with Gasteiger partial charge in [0.2, 0.25) is 0 Å². The molecule has 0 spiro atoms. The molecule has 0 radical (unpaired) electrons. The highest BCUT2D eigenvalue weighted by atomic mass is 35.5. The lowest BCUT2D eigenvalue weighted by molar-refractivity contribution is 0.0576. The van der Waals surface area contributed by atoms with E-state index in [-0.39, 0.29) is 5.60 Å². The maximum Gasteiger partial charge on any atom is 0.140 e. The van der Waals surface area contributed by atoms with Crippen molar-refractivity contribution < 1.29 is 14.2 Å². The minimum atomic E-state index is -0.294. The lowest BCUT2D eigenvalue weighted by Gasteiger charge is -2.13. The third-order valence-electron chi connectivity index (χ3n) is 3.44. The summed E-state index contributed by atoms with van der Waals surface area (Å²) in [6, 6.07) is 17.4. The van der Waals surface area contributed by atoms with Gasteiger partial charge in [0.1, 0.15) is 18.0 Å². The second-order valence-corrected chi connectivity index (χ2v) is 5.44. The minimum absolute atomic E-state index is 0.294. The molecule has 1 saturated heterocycles. The first kappa shape index (κ1) is 14.4. The summed E-state index contributed by atoms with van der Waals surface area (Å²) in [5, 5.41) is 0.728. The van der Waals surface area contributed by atoms with Crippen molar-refractivity contribution in [3.05, 3.63) is 65.2 Å². The van der Waals surface area contributed by atoms with E-state index in [1.54, 1.807) is 0 Å². The standard InChI is InChI=1S/C17H17ClO3/c18-15-8-6-14(7-9-15)17(13-21-17)12-19-10-11-20-16-4-2-1-3-5-16/h1-9H,10-13H2. The molecule has 0 aliphatic carbocycles. The van der Waals surface area contributed by atoms with Gasteiger partial charge in [-0.05, 0) is 29.8 Å². The molecule has 21 heavy (non-hydrogen) atoms. The Morgan fingerprint density at radius 3 is 2.38 bits per heavy atom. The summed E-state index contributed by atoms with van der Waals surface area (Å²) in [5.74, 6) is 0.858. The number of halogens is 1. The van der Waals surface area contributed by atoms with Crippen molar-refractivity contribution in [3.8, 4) is 5.75 Å². The van der Waals surface area contributed by atoms with Crippen LogP contribution in [0.3, 0.4) is 0 Å². The molecule has 2 aromatic rings. The van der Waals surface area contributed by atoms with Crippen molar-refractivity contribution in [3.63, 3.8) is 0 Å². The smallest absolute Gasteiger partial charge is 0.140 e. The van der Waals surface area contributed by atoms with E-state index in [1.807, 2.05) is 54.6 Å². The third-order valence-corrected chi connectivity index (χ3v) is 3.69. The summed E-state index contributed by atoms with van der Waals surface area (Å²) < 4.78 is 16.8. The van der Waals surface area contributed by atoms with E-state index < -0.39 is 0 Å². The summed E-state index contributed by atoms with van der Waals surface area (Å²) in [4.78, 5) is 0. The molecular weight excluding hydrogens is 288 g/mol. The molecule has 4 heteroatoms. The second-order valence-electron chi connectivity index (χ2n) is 5.00. The summed E-state index contributed by atoms with van der Waals surface area (Å²) in [5.41, 5.74) is 0.813. The number of hydrogen-bond donors (Lipinski definition) is 0. The Labute approximate surface area is 129 Å². The van der Waals surface area contributed by atoms with Crippen LogP contribution in [-0.2, 0) is 15.1 Å². The monoisotopic (exact) mass is 304 g/mol. The van der Waals surface area contributed by atoms with Gasteiger partial charge in [0, 0.05) is 5.02 Å². The van der Waals surface area contributed by atoms with E-state index in [9.17, 15) is 0 Å². The van der Waals surface area contributed by atoms with Crippen LogP contribution in [0.15, 0.2) is 54.6 Å². The molecule has 1 aliphatic heterocycles. The van der Waals surface area contributed by atoms with Gasteiger partial charge in [-0.1, -0.05) is 41.9 Å². The maximum absolute atomic E-state index is 5.90. The Hall–Kier alpha value is -1.55. The molecule has 1 heterocycles. The molecular formula is C17H17ClO3. The Morgan fingerprint density at radius 2 is 1.71 bits per heavy atom. The number of ether oxygens (including phenoxy) is 3. The van der Waals surface area contributed by atoms with Crippen LogP contribution in [0.2, 0.25) is 5.02 Å². The summed E-state index contributed by atoms with van der Waals surface area (Å²) in [6.07, 6.45) is 0. The number of benzene rings is 2. The molecule has 2 aromatic carbocycles. The van der Waals surface area contributed by atoms with E-state index in [0.29, 0.717) is 26.4 Å². The highest BCUT2D eigenvalue weighted by Crippen LogP contribution is 2.39. The molecule has 0 bridgehead atoms. The summed E-state index contributed by atoms with van der Waals surface area (Å²) >= 11 is 5.90. The SMILES string of the molecule is Clc1ccc(C2(COCCOc3ccccc3)CO2)cc1. The van der Waals surface area contributed by atoms with Gasteiger partial charge in [0.15, 0.2) is 0 Å². The molecule has 0 amide bonds. The van der Waals surface area contributed by atoms with Crippen molar-refractivity contribution in [2.75, 3.05) is 26.4 Å². The van der Waals surface area contributed by atoms with E-state index >= 15 is 0 Å². The molecule has 3 rings (SSSR count). The van der Waals surface area contributed by atoms with E-state index in [2.05, 4.69) is 0 Å². The first-order valence-electron chi connectivity index (χ1n) is 6.94. The first-order chi connectivity index (χ1) is 10.3. The number of rotatable bonds is 7. The fourth-order valence-electron chi connectivity index (χ4n) is 2.15. The van der Waals surface area contributed by atoms with Crippen molar-refractivity contribution >= 4 is 11.6 Å². The average molecular weight is 305 g/mol. The molecule has 0 N–H and O–H groups in total. The zero-order chi connectivity index (χ0) is 14.5. The molecule has 110 valence electrons. The van der Waals surface area contributed by atoms with Crippen LogP contribution < -0.4 is 4.74 Å². The van der Waals surface area contributed by atoms with Crippen LogP contribution in [0, 0.1) is 0 Å². The van der Waals surface area contributed by atoms with Crippen LogP contribution in [0.4, 0.5) is 0 Å². The van der Waals surface area contributed by atoms with Gasteiger partial charge >= 0.3 is 0 Å². The van der Waals surface area contributed by atoms with Crippen LogP contribution >= 0.6 is 11.6 Å². The normalized spacial score (nSPS) is 20.2. The van der Waals surface area contributed by atoms with E-state index in [4.69, 9.17) is 25.8 Å². The molecule has 1 aliphatic rings. The topological polar surface area (TPSA) is 31.0 Å². The van der Waals surface area contributed by atoms with Gasteiger partial charge in [-0.25, -0.2) is 0 Å². The Balaban J connectivity index is 1.42. The second kappa shape index (κ2) is 6.48. The Kier molecular flexibility index (Phi) is 4.44. The summed E-state index contributed by atoms with van der Waals surface area (Å²) in [7, 11) is 0. The molecule has 3 nitrogen and oxygen atoms in total. The minimum Gasteiger partial charge on any atom is -0.491 e. The molecule has 1 fully saturated rings. The number of hydrogen-bond acceptors (Lipinski definition) is 3. The van der Waals surface area contributed by atoms with Gasteiger partial charge in [0.05, 0.1) is 19.8 Å². The molecule has 0 saturated carbocycles.